The van der Waals surface area contributed by atoms with Crippen LogP contribution in [0.3, 0.4) is 0 Å². The molecule has 0 saturated carbocycles. The molecule has 4 rings (SSSR count). The average Bonchev–Trinajstić information content (AvgIpc) is 3.31. The summed E-state index contributed by atoms with van der Waals surface area (Å²) >= 11 is 0. The number of alkyl halides is 3. The summed E-state index contributed by atoms with van der Waals surface area (Å²) in [4.78, 5) is 26.8. The topological polar surface area (TPSA) is 93.3 Å². The van der Waals surface area contributed by atoms with Crippen molar-refractivity contribution in [1.29, 1.82) is 0 Å². The average molecular weight is 499 g/mol. The molecular weight excluding hydrogens is 468 g/mol. The summed E-state index contributed by atoms with van der Waals surface area (Å²) in [5, 5.41) is 10.2. The number of nitrogens with zero attached hydrogens (tertiary/aromatic N) is 6. The van der Waals surface area contributed by atoms with E-state index in [0.717, 1.165) is 17.5 Å². The van der Waals surface area contributed by atoms with Crippen LogP contribution < -0.4 is 5.32 Å². The number of urea groups is 1. The molecule has 2 N–H and O–H groups in total. The van der Waals surface area contributed by atoms with Crippen molar-refractivity contribution in [2.75, 3.05) is 31.5 Å². The van der Waals surface area contributed by atoms with E-state index < -0.39 is 24.0 Å². The number of carbonyl (C=O) groups is 1. The molecule has 0 radical (unpaired) electrons. The fourth-order valence-electron chi connectivity index (χ4n) is 4.66. The predicted molar refractivity (Wildman–Crippen MR) is 120 cm³/mol. The van der Waals surface area contributed by atoms with Crippen molar-refractivity contribution in [3.63, 3.8) is 0 Å². The van der Waals surface area contributed by atoms with Gasteiger partial charge in [0.05, 0.1) is 30.4 Å². The first kappa shape index (κ1) is 25.1. The number of aromatic amines is 1. The van der Waals surface area contributed by atoms with Crippen molar-refractivity contribution >= 4 is 17.7 Å². The second kappa shape index (κ2) is 9.25. The normalized spacial score (nSPS) is 20.3. The first-order valence-corrected chi connectivity index (χ1v) is 11.6. The van der Waals surface area contributed by atoms with Gasteiger partial charge in [-0.15, -0.1) is 0 Å². The number of H-pyrrole nitrogens is 1. The van der Waals surface area contributed by atoms with Crippen molar-refractivity contribution in [2.45, 2.75) is 64.8 Å². The van der Waals surface area contributed by atoms with Crippen LogP contribution in [0.5, 0.6) is 0 Å². The second-order valence-corrected chi connectivity index (χ2v) is 9.52. The number of nitrogens with one attached hydrogen (secondary N) is 2. The number of hydrogen-bond donors (Lipinski definition) is 2. The number of aryl methyl sites for hydroxylation is 1. The van der Waals surface area contributed by atoms with E-state index in [1.807, 2.05) is 27.7 Å². The minimum absolute atomic E-state index is 0.0114. The zero-order chi connectivity index (χ0) is 25.5. The number of amides is 2. The van der Waals surface area contributed by atoms with Gasteiger partial charge < -0.3 is 15.1 Å². The maximum Gasteiger partial charge on any atom is 0.390 e. The molecule has 1 saturated heterocycles. The molecule has 2 aliphatic rings. The Hall–Kier alpha value is -2.96. The van der Waals surface area contributed by atoms with E-state index in [4.69, 9.17) is 0 Å². The lowest BCUT2D eigenvalue weighted by atomic mass is 10.0. The van der Waals surface area contributed by atoms with Gasteiger partial charge >= 0.3 is 12.2 Å². The molecule has 0 aromatic carbocycles. The number of hydrogen-bond acceptors (Lipinski definition) is 6. The number of fused-ring (bicyclic) bond motifs is 1. The smallest absolute Gasteiger partial charge is 0.321 e. The third kappa shape index (κ3) is 5.04. The number of aromatic nitrogens is 4. The maximum atomic E-state index is 14.3. The maximum absolute atomic E-state index is 14.3. The van der Waals surface area contributed by atoms with Crippen LogP contribution >= 0.6 is 0 Å². The Labute approximate surface area is 200 Å². The number of piperazine rings is 1. The first-order valence-electron chi connectivity index (χ1n) is 11.6. The van der Waals surface area contributed by atoms with Gasteiger partial charge in [0, 0.05) is 44.2 Å². The molecule has 9 nitrogen and oxygen atoms in total. The van der Waals surface area contributed by atoms with Crippen molar-refractivity contribution in [2.24, 2.45) is 0 Å². The molecule has 35 heavy (non-hydrogen) atoms. The summed E-state index contributed by atoms with van der Waals surface area (Å²) in [6, 6.07) is -0.437. The lowest BCUT2D eigenvalue weighted by Crippen LogP contribution is -2.58. The quantitative estimate of drug-likeness (QED) is 0.610. The van der Waals surface area contributed by atoms with E-state index in [1.165, 1.54) is 0 Å². The van der Waals surface area contributed by atoms with E-state index in [2.05, 4.69) is 25.5 Å². The Kier molecular flexibility index (Phi) is 6.64. The molecule has 2 aromatic rings. The summed E-state index contributed by atoms with van der Waals surface area (Å²) in [5.74, 6) is 0.272. The van der Waals surface area contributed by atoms with Crippen molar-refractivity contribution in [1.82, 2.24) is 34.9 Å². The minimum Gasteiger partial charge on any atom is -0.321 e. The van der Waals surface area contributed by atoms with E-state index >= 15 is 0 Å². The van der Waals surface area contributed by atoms with Crippen LogP contribution in [0.1, 0.15) is 51.2 Å². The van der Waals surface area contributed by atoms with Crippen molar-refractivity contribution in [3.8, 4) is 0 Å². The summed E-state index contributed by atoms with van der Waals surface area (Å²) in [6.45, 7) is 8.77. The molecule has 1 atom stereocenters. The Bertz CT molecular complexity index is 1090. The summed E-state index contributed by atoms with van der Waals surface area (Å²) in [7, 11) is 0. The molecule has 4 heterocycles. The van der Waals surface area contributed by atoms with E-state index in [-0.39, 0.29) is 31.0 Å². The van der Waals surface area contributed by atoms with Crippen LogP contribution in [0, 0.1) is 5.82 Å². The van der Waals surface area contributed by atoms with Crippen LogP contribution in [0.2, 0.25) is 0 Å². The summed E-state index contributed by atoms with van der Waals surface area (Å²) in [5.41, 5.74) is 0.747. The molecule has 0 spiro atoms. The van der Waals surface area contributed by atoms with Gasteiger partial charge in [0.25, 0.3) is 0 Å². The molecule has 2 aromatic heterocycles. The van der Waals surface area contributed by atoms with Gasteiger partial charge in [-0.05, 0) is 20.8 Å². The van der Waals surface area contributed by atoms with E-state index in [9.17, 15) is 22.4 Å². The molecular formula is C22H30F4N8O. The highest BCUT2D eigenvalue weighted by molar-refractivity contribution is 5.78. The minimum atomic E-state index is -4.20. The predicted octanol–water partition coefficient (Wildman–Crippen LogP) is 3.77. The number of rotatable bonds is 5. The van der Waals surface area contributed by atoms with Crippen LogP contribution in [0.25, 0.3) is 0 Å². The highest BCUT2D eigenvalue weighted by atomic mass is 19.4. The third-order valence-electron chi connectivity index (χ3n) is 6.72. The Morgan fingerprint density at radius 3 is 2.69 bits per heavy atom. The lowest BCUT2D eigenvalue weighted by molar-refractivity contribution is -0.139. The summed E-state index contributed by atoms with van der Waals surface area (Å²) < 4.78 is 52.1. The van der Waals surface area contributed by atoms with Crippen molar-refractivity contribution in [3.05, 3.63) is 29.1 Å². The van der Waals surface area contributed by atoms with Crippen molar-refractivity contribution < 1.29 is 22.4 Å². The second-order valence-electron chi connectivity index (χ2n) is 9.52. The largest absolute Gasteiger partial charge is 0.390 e. The van der Waals surface area contributed by atoms with Gasteiger partial charge in [-0.2, -0.15) is 18.3 Å². The van der Waals surface area contributed by atoms with Crippen LogP contribution in [-0.2, 0) is 18.5 Å². The highest BCUT2D eigenvalue weighted by Crippen LogP contribution is 2.42. The molecule has 0 unspecified atom stereocenters. The zero-order valence-electron chi connectivity index (χ0n) is 20.2. The van der Waals surface area contributed by atoms with Gasteiger partial charge in [0.2, 0.25) is 0 Å². The Morgan fingerprint density at radius 1 is 1.29 bits per heavy atom. The van der Waals surface area contributed by atoms with Gasteiger partial charge in [-0.1, -0.05) is 6.92 Å². The SMILES string of the molecule is CCc1ncc(F)c(Nc2n[nH]c3c2CN(C(=O)N2CCN(CCC(F)(F)F)C[C@@H]2C)C3(C)C)n1. The number of anilines is 2. The van der Waals surface area contributed by atoms with Gasteiger partial charge in [0.15, 0.2) is 17.5 Å². The molecule has 0 bridgehead atoms. The molecule has 0 aliphatic carbocycles. The summed E-state index contributed by atoms with van der Waals surface area (Å²) in [6.07, 6.45) is -3.41. The van der Waals surface area contributed by atoms with Crippen LogP contribution in [0.4, 0.5) is 34.0 Å². The number of carbonyl (C=O) groups excluding carboxylic acids is 1. The van der Waals surface area contributed by atoms with E-state index in [0.29, 0.717) is 37.7 Å². The standard InChI is InChI=1S/C22H30F4N8O/c1-5-16-27-10-15(23)19(28-16)29-18-14-12-34(21(3,4)17(14)30-31-18)20(35)33-9-8-32(11-13(33)2)7-6-22(24,25)26/h10,13H,5-9,11-12H2,1-4H3,(H2,27,28,29,30,31)/t13-/m0/s1. The highest BCUT2D eigenvalue weighted by Gasteiger charge is 2.46. The third-order valence-corrected chi connectivity index (χ3v) is 6.72. The Balaban J connectivity index is 1.47. The molecule has 2 amide bonds. The fraction of sp³-hybridized carbons (Fsp3) is 0.636. The van der Waals surface area contributed by atoms with Crippen LogP contribution in [0.15, 0.2) is 6.20 Å². The monoisotopic (exact) mass is 498 g/mol. The lowest BCUT2D eigenvalue weighted by Gasteiger charge is -2.44. The molecule has 1 fully saturated rings. The van der Waals surface area contributed by atoms with Crippen LogP contribution in [-0.4, -0.2) is 79.3 Å². The van der Waals surface area contributed by atoms with Gasteiger partial charge in [-0.3, -0.25) is 10.00 Å². The van der Waals surface area contributed by atoms with E-state index in [1.54, 1.807) is 14.7 Å². The molecule has 13 heteroatoms. The zero-order valence-corrected chi connectivity index (χ0v) is 20.2. The number of halogens is 4. The van der Waals surface area contributed by atoms with Gasteiger partial charge in [-0.25, -0.2) is 19.2 Å². The Morgan fingerprint density at radius 2 is 2.03 bits per heavy atom. The molecule has 2 aliphatic heterocycles. The molecule has 192 valence electrons. The van der Waals surface area contributed by atoms with Gasteiger partial charge in [0.1, 0.15) is 5.82 Å². The fourth-order valence-corrected chi connectivity index (χ4v) is 4.66. The first-order chi connectivity index (χ1) is 16.4.